The smallest absolute Gasteiger partial charge is 0.426 e. The number of rotatable bonds is 7. The summed E-state index contributed by atoms with van der Waals surface area (Å²) in [4.78, 5) is 61.7. The molecule has 5 aliphatic rings. The molecule has 1 heterocycles. The average molecular weight is 788 g/mol. The molecular formula is C41H49N5O9S. The summed E-state index contributed by atoms with van der Waals surface area (Å²) < 4.78 is 39.2. The second kappa shape index (κ2) is 15.4. The van der Waals surface area contributed by atoms with Crippen LogP contribution >= 0.6 is 0 Å². The fourth-order valence-corrected chi connectivity index (χ4v) is 9.07. The van der Waals surface area contributed by atoms with Crippen LogP contribution in [-0.2, 0) is 34.0 Å². The molecule has 5 atom stereocenters. The molecule has 0 saturated heterocycles. The largest absolute Gasteiger partial charge is 0.490 e. The number of nitrogens with one attached hydrogen (secondary N) is 3. The maximum atomic E-state index is 14.6. The van der Waals surface area contributed by atoms with E-state index in [1.165, 1.54) is 11.1 Å². The molecular weight excluding hydrogens is 739 g/mol. The monoisotopic (exact) mass is 787 g/mol. The van der Waals surface area contributed by atoms with Gasteiger partial charge in [0.1, 0.15) is 35.3 Å². The van der Waals surface area contributed by atoms with Crippen LogP contribution in [0.5, 0.6) is 5.75 Å². The molecule has 0 spiro atoms. The highest BCUT2D eigenvalue weighted by molar-refractivity contribution is 7.91. The van der Waals surface area contributed by atoms with Gasteiger partial charge in [0, 0.05) is 23.6 Å². The Kier molecular flexibility index (Phi) is 10.7. The zero-order chi connectivity index (χ0) is 39.8. The molecule has 2 aromatic carbocycles. The van der Waals surface area contributed by atoms with Crippen LogP contribution in [0.4, 0.5) is 4.79 Å². The molecule has 0 radical (unpaired) electrons. The summed E-state index contributed by atoms with van der Waals surface area (Å²) in [5, 5.41) is 8.04. The first kappa shape index (κ1) is 39.1. The van der Waals surface area contributed by atoms with Gasteiger partial charge in [0.2, 0.25) is 21.8 Å². The summed E-state index contributed by atoms with van der Waals surface area (Å²) in [7, 11) is -3.90. The molecule has 0 aromatic heterocycles. The molecule has 14 nitrogen and oxygen atoms in total. The van der Waals surface area contributed by atoms with Crippen molar-refractivity contribution in [1.29, 1.82) is 0 Å². The summed E-state index contributed by atoms with van der Waals surface area (Å²) >= 11 is 0. The van der Waals surface area contributed by atoms with Crippen LogP contribution in [0, 0.1) is 17.8 Å². The van der Waals surface area contributed by atoms with Crippen LogP contribution in [0.15, 0.2) is 72.4 Å². The van der Waals surface area contributed by atoms with E-state index in [-0.39, 0.29) is 25.8 Å². The summed E-state index contributed by atoms with van der Waals surface area (Å²) in [5.41, 5.74) is 4.43. The summed E-state index contributed by atoms with van der Waals surface area (Å²) in [6.45, 7) is 9.43. The summed E-state index contributed by atoms with van der Waals surface area (Å²) in [5.74, 6) is -3.85. The van der Waals surface area contributed by atoms with Crippen LogP contribution in [0.25, 0.3) is 11.1 Å². The highest BCUT2D eigenvalue weighted by Crippen LogP contribution is 2.47. The number of sulfonamides is 1. The van der Waals surface area contributed by atoms with Crippen molar-refractivity contribution in [2.24, 2.45) is 22.9 Å². The zero-order valence-electron chi connectivity index (χ0n) is 31.9. The van der Waals surface area contributed by atoms with Crippen LogP contribution in [0.1, 0.15) is 83.3 Å². The third kappa shape index (κ3) is 8.32. The van der Waals surface area contributed by atoms with Crippen molar-refractivity contribution >= 4 is 39.5 Å². The number of ether oxygens (including phenoxy) is 2. The minimum Gasteiger partial charge on any atom is -0.490 e. The van der Waals surface area contributed by atoms with Crippen molar-refractivity contribution in [3.63, 3.8) is 0 Å². The molecule has 3 fully saturated rings. The zero-order valence-corrected chi connectivity index (χ0v) is 32.7. The van der Waals surface area contributed by atoms with Gasteiger partial charge in [-0.1, -0.05) is 47.6 Å². The van der Waals surface area contributed by atoms with E-state index >= 15 is 0 Å². The SMILES string of the molecule is C=C[C@@H]1C[C@]1(NC(=O)[C@@H]1C[C@@H]2C[C@H]1C(=O)N(NC(=O)OC(C)(C)C)CCCCC=CCOc1ccc3c(c1)C(=NO2)c1ccccc1-3)C(=O)NS(=O)(=O)C1CC1. The number of benzene rings is 2. The number of oxime groups is 1. The molecule has 56 heavy (non-hydrogen) atoms. The quantitative estimate of drug-likeness (QED) is 0.281. The number of carbonyl (C=O) groups excluding carboxylic acids is 4. The average Bonchev–Trinajstić information content (AvgIpc) is 4.06. The number of hydrazine groups is 1. The minimum atomic E-state index is -3.90. The van der Waals surface area contributed by atoms with Gasteiger partial charge in [0.25, 0.3) is 5.91 Å². The Labute approximate surface area is 327 Å². The van der Waals surface area contributed by atoms with Gasteiger partial charge >= 0.3 is 6.09 Å². The fraction of sp³-hybridized carbons (Fsp3) is 0.488. The molecule has 4 aliphatic carbocycles. The van der Waals surface area contributed by atoms with Gasteiger partial charge < -0.3 is 19.6 Å². The van der Waals surface area contributed by atoms with Gasteiger partial charge in [0.05, 0.1) is 17.1 Å². The van der Waals surface area contributed by atoms with Gasteiger partial charge in [-0.15, -0.1) is 6.58 Å². The Balaban J connectivity index is 1.21. The Morgan fingerprint density at radius 1 is 1.02 bits per heavy atom. The molecule has 1 aliphatic heterocycles. The molecule has 3 saturated carbocycles. The second-order valence-corrected chi connectivity index (χ2v) is 18.1. The molecule has 4 amide bonds. The highest BCUT2D eigenvalue weighted by Gasteiger charge is 2.62. The number of amides is 4. The fourth-order valence-electron chi connectivity index (χ4n) is 7.70. The van der Waals surface area contributed by atoms with E-state index in [1.54, 1.807) is 20.8 Å². The molecule has 7 rings (SSSR count). The standard InChI is InChI=1S/C41H49N5O9S/c1-5-25-24-41(25,38(49)45-56(51,52)28-16-17-28)42-36(47)33-22-27-23-34(33)37(48)46(43-39(50)54-40(2,3)4)19-11-7-6-8-12-20-53-26-15-18-30-29-13-9-10-14-31(29)35(44-55-27)32(30)21-26/h5,8-10,12-15,18,21,25,27-28,33-34H,1,6-7,11,16-17,19-20,22-24H2,2-4H3,(H,42,47)(H,43,50)(H,45,49)/t25-,27-,33-,34-,41-/m1/s1. The molecule has 298 valence electrons. The highest BCUT2D eigenvalue weighted by atomic mass is 32.2. The number of carbonyl (C=O) groups is 4. The maximum Gasteiger partial charge on any atom is 0.426 e. The lowest BCUT2D eigenvalue weighted by molar-refractivity contribution is -0.144. The first-order valence-electron chi connectivity index (χ1n) is 19.3. The van der Waals surface area contributed by atoms with E-state index in [2.05, 4.69) is 27.2 Å². The van der Waals surface area contributed by atoms with Crippen molar-refractivity contribution in [1.82, 2.24) is 20.5 Å². The van der Waals surface area contributed by atoms with E-state index in [1.807, 2.05) is 54.6 Å². The van der Waals surface area contributed by atoms with Crippen LogP contribution in [0.2, 0.25) is 0 Å². The second-order valence-electron chi connectivity index (χ2n) is 16.2. The summed E-state index contributed by atoms with van der Waals surface area (Å²) in [6.07, 6.45) is 7.01. The van der Waals surface area contributed by atoms with Gasteiger partial charge in [-0.2, -0.15) is 0 Å². The van der Waals surface area contributed by atoms with Crippen LogP contribution in [-0.4, -0.2) is 78.6 Å². The van der Waals surface area contributed by atoms with E-state index in [0.29, 0.717) is 50.2 Å². The maximum absolute atomic E-state index is 14.6. The minimum absolute atomic E-state index is 0.0541. The lowest BCUT2D eigenvalue weighted by Gasteiger charge is -2.30. The lowest BCUT2D eigenvalue weighted by Crippen LogP contribution is -2.55. The molecule has 4 bridgehead atoms. The topological polar surface area (TPSA) is 182 Å². The molecule has 0 unspecified atom stereocenters. The number of nitrogens with zero attached hydrogens (tertiary/aromatic N) is 2. The molecule has 2 aromatic rings. The number of fused-ring (bicyclic) bond motifs is 6. The van der Waals surface area contributed by atoms with E-state index in [9.17, 15) is 27.6 Å². The van der Waals surface area contributed by atoms with Gasteiger partial charge in [-0.25, -0.2) is 18.6 Å². The van der Waals surface area contributed by atoms with Crippen molar-refractivity contribution in [3.05, 3.63) is 78.4 Å². The van der Waals surface area contributed by atoms with E-state index in [4.69, 9.17) is 14.3 Å². The van der Waals surface area contributed by atoms with Crippen LogP contribution in [0.3, 0.4) is 0 Å². The Morgan fingerprint density at radius 2 is 1.77 bits per heavy atom. The third-order valence-electron chi connectivity index (χ3n) is 10.8. The summed E-state index contributed by atoms with van der Waals surface area (Å²) in [6, 6.07) is 13.7. The van der Waals surface area contributed by atoms with Gasteiger partial charge in [0.15, 0.2) is 0 Å². The van der Waals surface area contributed by atoms with Crippen molar-refractivity contribution < 1.29 is 41.9 Å². The Morgan fingerprint density at radius 3 is 2.48 bits per heavy atom. The predicted molar refractivity (Wildman–Crippen MR) is 207 cm³/mol. The number of allylic oxidation sites excluding steroid dienone is 1. The normalized spacial score (nSPS) is 26.2. The van der Waals surface area contributed by atoms with Crippen molar-refractivity contribution in [3.8, 4) is 16.9 Å². The Bertz CT molecular complexity index is 2090. The predicted octanol–water partition coefficient (Wildman–Crippen LogP) is 4.89. The van der Waals surface area contributed by atoms with Gasteiger partial charge in [-0.05, 0) is 101 Å². The molecule has 3 N–H and O–H groups in total. The third-order valence-corrected chi connectivity index (χ3v) is 12.7. The van der Waals surface area contributed by atoms with Crippen LogP contribution < -0.4 is 20.2 Å². The van der Waals surface area contributed by atoms with E-state index in [0.717, 1.165) is 22.3 Å². The van der Waals surface area contributed by atoms with Crippen molar-refractivity contribution in [2.75, 3.05) is 13.2 Å². The molecule has 15 heteroatoms. The van der Waals surface area contributed by atoms with Crippen molar-refractivity contribution in [2.45, 2.75) is 94.6 Å². The first-order chi connectivity index (χ1) is 26.7. The van der Waals surface area contributed by atoms with Gasteiger partial charge in [-0.3, -0.25) is 24.1 Å². The number of hydrogen-bond acceptors (Lipinski definition) is 10. The number of hydrogen-bond donors (Lipinski definition) is 3. The lowest BCUT2D eigenvalue weighted by atomic mass is 9.93. The van der Waals surface area contributed by atoms with E-state index < -0.39 is 74.1 Å². The first-order valence-corrected chi connectivity index (χ1v) is 20.8. The Hall–Kier alpha value is -5.18.